The SMILES string of the molecule is O=C(Nc1ccc(Oc2ccc(Br)cc2)cc1)C1Cc2ccccc2O1. The van der Waals surface area contributed by atoms with Gasteiger partial charge in [-0.05, 0) is 60.2 Å². The molecule has 1 unspecified atom stereocenters. The van der Waals surface area contributed by atoms with Gasteiger partial charge in [0.15, 0.2) is 6.10 Å². The van der Waals surface area contributed by atoms with Crippen molar-refractivity contribution in [3.63, 3.8) is 0 Å². The minimum Gasteiger partial charge on any atom is -0.480 e. The van der Waals surface area contributed by atoms with Crippen LogP contribution >= 0.6 is 15.9 Å². The molecule has 0 spiro atoms. The maximum Gasteiger partial charge on any atom is 0.265 e. The van der Waals surface area contributed by atoms with Gasteiger partial charge >= 0.3 is 0 Å². The Hall–Kier alpha value is -2.79. The molecule has 5 heteroatoms. The number of para-hydroxylation sites is 1. The van der Waals surface area contributed by atoms with Crippen molar-refractivity contribution in [3.05, 3.63) is 82.8 Å². The van der Waals surface area contributed by atoms with Crippen molar-refractivity contribution < 1.29 is 14.3 Å². The van der Waals surface area contributed by atoms with Crippen molar-refractivity contribution in [1.29, 1.82) is 0 Å². The van der Waals surface area contributed by atoms with Crippen LogP contribution in [0.15, 0.2) is 77.3 Å². The molecule has 1 N–H and O–H groups in total. The lowest BCUT2D eigenvalue weighted by Gasteiger charge is -2.12. The molecule has 26 heavy (non-hydrogen) atoms. The number of amides is 1. The van der Waals surface area contributed by atoms with Crippen LogP contribution in [0, 0.1) is 0 Å². The van der Waals surface area contributed by atoms with Crippen LogP contribution in [-0.2, 0) is 11.2 Å². The first-order valence-corrected chi connectivity index (χ1v) is 9.05. The third kappa shape index (κ3) is 3.73. The summed E-state index contributed by atoms with van der Waals surface area (Å²) in [7, 11) is 0. The predicted molar refractivity (Wildman–Crippen MR) is 104 cm³/mol. The topological polar surface area (TPSA) is 47.6 Å². The number of halogens is 1. The van der Waals surface area contributed by atoms with Crippen LogP contribution in [0.3, 0.4) is 0 Å². The molecule has 130 valence electrons. The summed E-state index contributed by atoms with van der Waals surface area (Å²) in [5.74, 6) is 2.09. The highest BCUT2D eigenvalue weighted by molar-refractivity contribution is 9.10. The molecule has 3 aromatic carbocycles. The molecule has 1 atom stereocenters. The Morgan fingerprint density at radius 2 is 1.62 bits per heavy atom. The molecule has 4 rings (SSSR count). The highest BCUT2D eigenvalue weighted by Crippen LogP contribution is 2.29. The molecule has 0 aromatic heterocycles. The highest BCUT2D eigenvalue weighted by Gasteiger charge is 2.28. The number of carbonyl (C=O) groups excluding carboxylic acids is 1. The summed E-state index contributed by atoms with van der Waals surface area (Å²) in [6.07, 6.45) is 0.0957. The zero-order valence-corrected chi connectivity index (χ0v) is 15.4. The van der Waals surface area contributed by atoms with E-state index in [9.17, 15) is 4.79 Å². The van der Waals surface area contributed by atoms with Crippen LogP contribution < -0.4 is 14.8 Å². The second kappa shape index (κ2) is 7.22. The normalized spacial score (nSPS) is 15.0. The van der Waals surface area contributed by atoms with Crippen molar-refractivity contribution in [2.45, 2.75) is 12.5 Å². The summed E-state index contributed by atoms with van der Waals surface area (Å²) >= 11 is 3.39. The number of nitrogens with one attached hydrogen (secondary N) is 1. The maximum atomic E-state index is 12.4. The van der Waals surface area contributed by atoms with E-state index in [2.05, 4.69) is 21.2 Å². The van der Waals surface area contributed by atoms with E-state index >= 15 is 0 Å². The smallest absolute Gasteiger partial charge is 0.265 e. The van der Waals surface area contributed by atoms with E-state index < -0.39 is 6.10 Å². The maximum absolute atomic E-state index is 12.4. The quantitative estimate of drug-likeness (QED) is 0.645. The summed E-state index contributed by atoms with van der Waals surface area (Å²) in [4.78, 5) is 12.4. The lowest BCUT2D eigenvalue weighted by Crippen LogP contribution is -2.31. The molecule has 0 saturated heterocycles. The van der Waals surface area contributed by atoms with Gasteiger partial charge in [-0.3, -0.25) is 4.79 Å². The minimum absolute atomic E-state index is 0.150. The van der Waals surface area contributed by atoms with Crippen molar-refractivity contribution >= 4 is 27.5 Å². The van der Waals surface area contributed by atoms with Crippen molar-refractivity contribution in [1.82, 2.24) is 0 Å². The van der Waals surface area contributed by atoms with E-state index in [0.29, 0.717) is 17.9 Å². The molecule has 4 nitrogen and oxygen atoms in total. The fourth-order valence-electron chi connectivity index (χ4n) is 2.80. The number of rotatable bonds is 4. The lowest BCUT2D eigenvalue weighted by molar-refractivity contribution is -0.122. The summed E-state index contributed by atoms with van der Waals surface area (Å²) in [5.41, 5.74) is 1.77. The third-order valence-corrected chi connectivity index (χ3v) is 4.64. The average molecular weight is 410 g/mol. The van der Waals surface area contributed by atoms with E-state index in [1.54, 1.807) is 0 Å². The van der Waals surface area contributed by atoms with Gasteiger partial charge in [-0.15, -0.1) is 0 Å². The van der Waals surface area contributed by atoms with Gasteiger partial charge in [-0.1, -0.05) is 34.1 Å². The van der Waals surface area contributed by atoms with E-state index in [1.165, 1.54) is 0 Å². The molecular formula is C21H16BrNO3. The van der Waals surface area contributed by atoms with Gasteiger partial charge in [-0.25, -0.2) is 0 Å². The van der Waals surface area contributed by atoms with E-state index in [1.807, 2.05) is 72.8 Å². The molecule has 1 heterocycles. The minimum atomic E-state index is -0.494. The van der Waals surface area contributed by atoms with Gasteiger partial charge in [0.05, 0.1) is 0 Å². The standard InChI is InChI=1S/C21H16BrNO3/c22-15-5-9-17(10-6-15)25-18-11-7-16(8-12-18)23-21(24)20-13-14-3-1-2-4-19(14)26-20/h1-12,20H,13H2,(H,23,24). The third-order valence-electron chi connectivity index (χ3n) is 4.11. The Morgan fingerprint density at radius 1 is 0.962 bits per heavy atom. The molecule has 0 bridgehead atoms. The molecule has 0 fully saturated rings. The van der Waals surface area contributed by atoms with Gasteiger partial charge in [0.25, 0.3) is 5.91 Å². The van der Waals surface area contributed by atoms with Crippen molar-refractivity contribution in [2.24, 2.45) is 0 Å². The van der Waals surface area contributed by atoms with Crippen LogP contribution in [0.1, 0.15) is 5.56 Å². The molecule has 0 saturated carbocycles. The number of benzene rings is 3. The first-order valence-electron chi connectivity index (χ1n) is 8.26. The Balaban J connectivity index is 1.37. The zero-order chi connectivity index (χ0) is 17.9. The Morgan fingerprint density at radius 3 is 2.31 bits per heavy atom. The number of carbonyl (C=O) groups is 1. The highest BCUT2D eigenvalue weighted by atomic mass is 79.9. The second-order valence-corrected chi connectivity index (χ2v) is 6.90. The Kier molecular flexibility index (Phi) is 4.63. The van der Waals surface area contributed by atoms with E-state index in [4.69, 9.17) is 9.47 Å². The second-order valence-electron chi connectivity index (χ2n) is 5.99. The molecular weight excluding hydrogens is 394 g/mol. The Labute approximate surface area is 159 Å². The predicted octanol–water partition coefficient (Wildman–Crippen LogP) is 5.18. The van der Waals surface area contributed by atoms with Gasteiger partial charge in [0.1, 0.15) is 17.2 Å². The van der Waals surface area contributed by atoms with Crippen molar-refractivity contribution in [2.75, 3.05) is 5.32 Å². The zero-order valence-electron chi connectivity index (χ0n) is 13.8. The van der Waals surface area contributed by atoms with Crippen LogP contribution in [-0.4, -0.2) is 12.0 Å². The van der Waals surface area contributed by atoms with Crippen LogP contribution in [0.25, 0.3) is 0 Å². The van der Waals surface area contributed by atoms with E-state index in [0.717, 1.165) is 21.5 Å². The molecule has 1 aliphatic heterocycles. The Bertz CT molecular complexity index is 898. The molecule has 3 aromatic rings. The van der Waals surface area contributed by atoms with Gasteiger partial charge < -0.3 is 14.8 Å². The first-order chi connectivity index (χ1) is 12.7. The van der Waals surface area contributed by atoms with E-state index in [-0.39, 0.29) is 5.91 Å². The lowest BCUT2D eigenvalue weighted by atomic mass is 10.1. The molecule has 0 radical (unpaired) electrons. The summed E-state index contributed by atoms with van der Waals surface area (Å²) < 4.78 is 12.5. The molecule has 1 amide bonds. The largest absolute Gasteiger partial charge is 0.480 e. The number of anilines is 1. The summed E-state index contributed by atoms with van der Waals surface area (Å²) in [6, 6.07) is 22.6. The number of fused-ring (bicyclic) bond motifs is 1. The monoisotopic (exact) mass is 409 g/mol. The van der Waals surface area contributed by atoms with Gasteiger partial charge in [0, 0.05) is 16.6 Å². The fourth-order valence-corrected chi connectivity index (χ4v) is 3.06. The van der Waals surface area contributed by atoms with Crippen molar-refractivity contribution in [3.8, 4) is 17.2 Å². The van der Waals surface area contributed by atoms with Crippen LogP contribution in [0.5, 0.6) is 17.2 Å². The summed E-state index contributed by atoms with van der Waals surface area (Å²) in [5, 5.41) is 2.89. The summed E-state index contributed by atoms with van der Waals surface area (Å²) in [6.45, 7) is 0. The first kappa shape index (κ1) is 16.7. The van der Waals surface area contributed by atoms with Crippen LogP contribution in [0.4, 0.5) is 5.69 Å². The number of ether oxygens (including phenoxy) is 2. The average Bonchev–Trinajstić information content (AvgIpc) is 3.10. The van der Waals surface area contributed by atoms with Gasteiger partial charge in [0.2, 0.25) is 0 Å². The number of hydrogen-bond acceptors (Lipinski definition) is 3. The molecule has 1 aliphatic rings. The number of hydrogen-bond donors (Lipinski definition) is 1. The van der Waals surface area contributed by atoms with Crippen LogP contribution in [0.2, 0.25) is 0 Å². The fraction of sp³-hybridized carbons (Fsp3) is 0.0952. The van der Waals surface area contributed by atoms with Gasteiger partial charge in [-0.2, -0.15) is 0 Å². The molecule has 0 aliphatic carbocycles.